The molecular formula is C16H17FN2O2. The molecule has 1 aliphatic carbocycles. The van der Waals surface area contributed by atoms with Crippen LogP contribution in [0.25, 0.3) is 0 Å². The molecule has 1 saturated carbocycles. The molecule has 0 saturated heterocycles. The van der Waals surface area contributed by atoms with Crippen molar-refractivity contribution in [2.45, 2.75) is 37.6 Å². The van der Waals surface area contributed by atoms with Crippen LogP contribution in [0.15, 0.2) is 41.1 Å². The van der Waals surface area contributed by atoms with Gasteiger partial charge in [0.15, 0.2) is 5.76 Å². The van der Waals surface area contributed by atoms with Crippen molar-refractivity contribution in [1.29, 1.82) is 0 Å². The van der Waals surface area contributed by atoms with E-state index in [1.165, 1.54) is 12.1 Å². The van der Waals surface area contributed by atoms with E-state index in [9.17, 15) is 9.18 Å². The molecule has 0 aliphatic heterocycles. The van der Waals surface area contributed by atoms with Crippen molar-refractivity contribution in [3.05, 3.63) is 53.7 Å². The first-order valence-corrected chi connectivity index (χ1v) is 7.15. The number of carbonyl (C=O) groups is 1. The lowest BCUT2D eigenvalue weighted by Crippen LogP contribution is -2.42. The van der Waals surface area contributed by atoms with E-state index in [1.807, 2.05) is 0 Å². The Balaban J connectivity index is 1.79. The van der Waals surface area contributed by atoms with Crippen LogP contribution in [0.5, 0.6) is 0 Å². The quantitative estimate of drug-likeness (QED) is 0.941. The highest BCUT2D eigenvalue weighted by atomic mass is 19.1. The molecule has 1 fully saturated rings. The van der Waals surface area contributed by atoms with Crippen LogP contribution in [0, 0.1) is 5.82 Å². The van der Waals surface area contributed by atoms with Gasteiger partial charge in [0.25, 0.3) is 0 Å². The minimum absolute atomic E-state index is 0.0250. The summed E-state index contributed by atoms with van der Waals surface area (Å²) < 4.78 is 18.1. The fourth-order valence-corrected chi connectivity index (χ4v) is 3.06. The lowest BCUT2D eigenvalue weighted by Gasteiger charge is -2.28. The highest BCUT2D eigenvalue weighted by molar-refractivity contribution is 5.88. The molecule has 1 amide bonds. The second-order valence-electron chi connectivity index (χ2n) is 5.46. The molecule has 0 spiro atoms. The monoisotopic (exact) mass is 288 g/mol. The van der Waals surface area contributed by atoms with Crippen LogP contribution in [-0.2, 0) is 16.8 Å². The molecular weight excluding hydrogens is 271 g/mol. The smallest absolute Gasteiger partial charge is 0.231 e. The third-order valence-electron chi connectivity index (χ3n) is 4.20. The van der Waals surface area contributed by atoms with E-state index in [2.05, 4.69) is 10.5 Å². The van der Waals surface area contributed by atoms with Crippen LogP contribution in [-0.4, -0.2) is 11.1 Å². The number of amides is 1. The van der Waals surface area contributed by atoms with Crippen LogP contribution in [0.1, 0.15) is 37.0 Å². The number of carbonyl (C=O) groups excluding carboxylic acids is 1. The molecule has 2 aromatic rings. The van der Waals surface area contributed by atoms with E-state index in [0.29, 0.717) is 12.3 Å². The molecule has 0 atom stereocenters. The number of hydrogen-bond donors (Lipinski definition) is 1. The average molecular weight is 288 g/mol. The van der Waals surface area contributed by atoms with Crippen molar-refractivity contribution in [3.63, 3.8) is 0 Å². The summed E-state index contributed by atoms with van der Waals surface area (Å²) in [5.74, 6) is 0.313. The van der Waals surface area contributed by atoms with Gasteiger partial charge in [-0.05, 0) is 30.5 Å². The molecule has 1 aliphatic rings. The van der Waals surface area contributed by atoms with Crippen molar-refractivity contribution in [2.24, 2.45) is 0 Å². The number of aromatic nitrogens is 1. The predicted molar refractivity (Wildman–Crippen MR) is 74.9 cm³/mol. The predicted octanol–water partition coefficient (Wildman–Crippen LogP) is 2.94. The fourth-order valence-electron chi connectivity index (χ4n) is 3.06. The van der Waals surface area contributed by atoms with E-state index in [1.54, 1.807) is 24.4 Å². The second kappa shape index (κ2) is 5.68. The van der Waals surface area contributed by atoms with Gasteiger partial charge in [-0.1, -0.05) is 30.1 Å². The first-order valence-electron chi connectivity index (χ1n) is 7.15. The Labute approximate surface area is 122 Å². The van der Waals surface area contributed by atoms with E-state index in [-0.39, 0.29) is 11.7 Å². The molecule has 3 rings (SSSR count). The van der Waals surface area contributed by atoms with E-state index in [0.717, 1.165) is 31.2 Å². The minimum Gasteiger partial charge on any atom is -0.360 e. The lowest BCUT2D eigenvalue weighted by molar-refractivity contribution is -0.126. The Hall–Kier alpha value is -2.17. The molecule has 1 N–H and O–H groups in total. The summed E-state index contributed by atoms with van der Waals surface area (Å²) in [7, 11) is 0. The highest BCUT2D eigenvalue weighted by Crippen LogP contribution is 2.41. The van der Waals surface area contributed by atoms with Gasteiger partial charge in [0.2, 0.25) is 5.91 Å². The molecule has 4 nitrogen and oxygen atoms in total. The molecule has 5 heteroatoms. The van der Waals surface area contributed by atoms with Crippen molar-refractivity contribution < 1.29 is 13.7 Å². The van der Waals surface area contributed by atoms with E-state index in [4.69, 9.17) is 4.52 Å². The summed E-state index contributed by atoms with van der Waals surface area (Å²) in [4.78, 5) is 12.7. The number of benzene rings is 1. The first kappa shape index (κ1) is 13.8. The van der Waals surface area contributed by atoms with Crippen LogP contribution < -0.4 is 5.32 Å². The highest BCUT2D eigenvalue weighted by Gasteiger charge is 2.42. The van der Waals surface area contributed by atoms with Gasteiger partial charge in [-0.15, -0.1) is 0 Å². The molecule has 0 unspecified atom stereocenters. The normalized spacial score (nSPS) is 16.8. The Morgan fingerprint density at radius 3 is 2.57 bits per heavy atom. The lowest BCUT2D eigenvalue weighted by atomic mass is 9.78. The maximum Gasteiger partial charge on any atom is 0.231 e. The van der Waals surface area contributed by atoms with Gasteiger partial charge in [0.05, 0.1) is 18.2 Å². The van der Waals surface area contributed by atoms with Gasteiger partial charge < -0.3 is 9.84 Å². The number of rotatable bonds is 4. The zero-order valence-corrected chi connectivity index (χ0v) is 11.6. The number of nitrogens with zero attached hydrogens (tertiary/aromatic N) is 1. The molecule has 1 aromatic heterocycles. The van der Waals surface area contributed by atoms with Gasteiger partial charge in [-0.3, -0.25) is 4.79 Å². The third-order valence-corrected chi connectivity index (χ3v) is 4.20. The van der Waals surface area contributed by atoms with Gasteiger partial charge in [0, 0.05) is 6.07 Å². The van der Waals surface area contributed by atoms with Crippen LogP contribution >= 0.6 is 0 Å². The zero-order chi connectivity index (χ0) is 14.7. The fraction of sp³-hybridized carbons (Fsp3) is 0.375. The van der Waals surface area contributed by atoms with Gasteiger partial charge >= 0.3 is 0 Å². The summed E-state index contributed by atoms with van der Waals surface area (Å²) in [5, 5.41) is 6.53. The van der Waals surface area contributed by atoms with Gasteiger partial charge in [0.1, 0.15) is 5.82 Å². The molecule has 0 radical (unpaired) electrons. The maximum absolute atomic E-state index is 13.1. The van der Waals surface area contributed by atoms with Crippen molar-refractivity contribution >= 4 is 5.91 Å². The average Bonchev–Trinajstić information content (AvgIpc) is 3.17. The van der Waals surface area contributed by atoms with Gasteiger partial charge in [-0.25, -0.2) is 4.39 Å². The zero-order valence-electron chi connectivity index (χ0n) is 11.6. The SMILES string of the molecule is O=C(NCc1ccno1)C1(c2ccc(F)cc2)CCCC1. The van der Waals surface area contributed by atoms with Crippen LogP contribution in [0.4, 0.5) is 4.39 Å². The second-order valence-corrected chi connectivity index (χ2v) is 5.46. The molecule has 1 aromatic carbocycles. The Bertz CT molecular complexity index is 602. The Morgan fingerprint density at radius 2 is 1.95 bits per heavy atom. The van der Waals surface area contributed by atoms with Crippen LogP contribution in [0.3, 0.4) is 0 Å². The third kappa shape index (κ3) is 2.68. The molecule has 1 heterocycles. The number of halogens is 1. The van der Waals surface area contributed by atoms with E-state index < -0.39 is 5.41 Å². The number of nitrogens with one attached hydrogen (secondary N) is 1. The van der Waals surface area contributed by atoms with Crippen molar-refractivity contribution in [3.8, 4) is 0 Å². The van der Waals surface area contributed by atoms with Crippen molar-refractivity contribution in [1.82, 2.24) is 10.5 Å². The van der Waals surface area contributed by atoms with Gasteiger partial charge in [-0.2, -0.15) is 0 Å². The van der Waals surface area contributed by atoms with Crippen molar-refractivity contribution in [2.75, 3.05) is 0 Å². The number of hydrogen-bond acceptors (Lipinski definition) is 3. The van der Waals surface area contributed by atoms with E-state index >= 15 is 0 Å². The first-order chi connectivity index (χ1) is 10.2. The topological polar surface area (TPSA) is 55.1 Å². The Kier molecular flexibility index (Phi) is 3.73. The molecule has 21 heavy (non-hydrogen) atoms. The summed E-state index contributed by atoms with van der Waals surface area (Å²) in [5.41, 5.74) is 0.338. The minimum atomic E-state index is -0.548. The summed E-state index contributed by atoms with van der Waals surface area (Å²) in [6.45, 7) is 0.321. The largest absolute Gasteiger partial charge is 0.360 e. The molecule has 0 bridgehead atoms. The molecule has 110 valence electrons. The van der Waals surface area contributed by atoms with Crippen LogP contribution in [0.2, 0.25) is 0 Å². The summed E-state index contributed by atoms with van der Waals surface area (Å²) in [6, 6.07) is 7.99. The standard InChI is InChI=1S/C16H17FN2O2/c17-13-5-3-12(4-6-13)16(8-1-2-9-16)15(20)18-11-14-7-10-19-21-14/h3-7,10H,1-2,8-9,11H2,(H,18,20). The summed E-state index contributed by atoms with van der Waals surface area (Å²) in [6.07, 6.45) is 5.15. The Morgan fingerprint density at radius 1 is 1.24 bits per heavy atom. The maximum atomic E-state index is 13.1. The summed E-state index contributed by atoms with van der Waals surface area (Å²) >= 11 is 0.